The summed E-state index contributed by atoms with van der Waals surface area (Å²) >= 11 is 0. The highest BCUT2D eigenvalue weighted by atomic mass is 16.2. The number of rotatable bonds is 6. The molecule has 0 saturated heterocycles. The molecule has 1 N–H and O–H groups in total. The van der Waals surface area contributed by atoms with E-state index >= 15 is 0 Å². The fraction of sp³-hybridized carbons (Fsp3) is 0.389. The maximum absolute atomic E-state index is 12.4. The highest BCUT2D eigenvalue weighted by Crippen LogP contribution is 2.16. The van der Waals surface area contributed by atoms with E-state index < -0.39 is 11.1 Å². The minimum absolute atomic E-state index is 0.147. The number of hydrogen-bond acceptors (Lipinski definition) is 3. The largest absolute Gasteiger partial charge is 0.355 e. The standard InChI is InChI=1S/C18H23N3O3/c1-4-5-9-19-15(22)12-20-10-11-21(18(24)17(20)23)16-13(2)7-6-8-14(16)3/h6-8,10-11H,4-5,9,12H2,1-3H3,(H,19,22). The van der Waals surface area contributed by atoms with Crippen LogP contribution in [0, 0.1) is 13.8 Å². The summed E-state index contributed by atoms with van der Waals surface area (Å²) in [4.78, 5) is 36.6. The number of hydrogen-bond donors (Lipinski definition) is 1. The van der Waals surface area contributed by atoms with Gasteiger partial charge in [0.2, 0.25) is 5.91 Å². The first-order valence-corrected chi connectivity index (χ1v) is 8.11. The zero-order chi connectivity index (χ0) is 17.7. The highest BCUT2D eigenvalue weighted by Gasteiger charge is 2.12. The van der Waals surface area contributed by atoms with Gasteiger partial charge in [-0.3, -0.25) is 23.5 Å². The lowest BCUT2D eigenvalue weighted by molar-refractivity contribution is -0.121. The van der Waals surface area contributed by atoms with E-state index in [4.69, 9.17) is 0 Å². The highest BCUT2D eigenvalue weighted by molar-refractivity contribution is 5.75. The molecule has 0 bridgehead atoms. The van der Waals surface area contributed by atoms with Crippen molar-refractivity contribution in [2.75, 3.05) is 6.54 Å². The molecule has 0 saturated carbocycles. The SMILES string of the molecule is CCCCNC(=O)Cn1ccn(-c2c(C)cccc2C)c(=O)c1=O. The fourth-order valence-corrected chi connectivity index (χ4v) is 2.61. The number of carbonyl (C=O) groups is 1. The summed E-state index contributed by atoms with van der Waals surface area (Å²) in [6, 6.07) is 5.68. The first kappa shape index (κ1) is 17.7. The molecule has 0 fully saturated rings. The zero-order valence-corrected chi connectivity index (χ0v) is 14.3. The van der Waals surface area contributed by atoms with Crippen LogP contribution < -0.4 is 16.4 Å². The molecule has 1 heterocycles. The molecule has 0 aliphatic rings. The molecular formula is C18H23N3O3. The second-order valence-electron chi connectivity index (χ2n) is 5.85. The third-order valence-corrected chi connectivity index (χ3v) is 3.91. The van der Waals surface area contributed by atoms with Crippen molar-refractivity contribution >= 4 is 5.91 Å². The molecule has 24 heavy (non-hydrogen) atoms. The minimum Gasteiger partial charge on any atom is -0.355 e. The Morgan fingerprint density at radius 3 is 2.38 bits per heavy atom. The maximum atomic E-state index is 12.4. The number of unbranched alkanes of at least 4 members (excludes halogenated alkanes) is 1. The van der Waals surface area contributed by atoms with E-state index in [0.29, 0.717) is 12.2 Å². The maximum Gasteiger partial charge on any atom is 0.321 e. The molecule has 1 amide bonds. The van der Waals surface area contributed by atoms with Gasteiger partial charge in [-0.2, -0.15) is 0 Å². The molecule has 2 rings (SSSR count). The van der Waals surface area contributed by atoms with Crippen LogP contribution in [0.25, 0.3) is 5.69 Å². The molecule has 2 aromatic rings. The van der Waals surface area contributed by atoms with E-state index in [0.717, 1.165) is 28.5 Å². The molecule has 6 heteroatoms. The molecule has 1 aromatic carbocycles. The van der Waals surface area contributed by atoms with E-state index in [2.05, 4.69) is 5.32 Å². The summed E-state index contributed by atoms with van der Waals surface area (Å²) in [6.07, 6.45) is 4.88. The third-order valence-electron chi connectivity index (χ3n) is 3.91. The molecule has 0 spiro atoms. The Morgan fingerprint density at radius 2 is 1.75 bits per heavy atom. The van der Waals surface area contributed by atoms with Gasteiger partial charge in [0.25, 0.3) is 0 Å². The molecule has 0 atom stereocenters. The molecule has 6 nitrogen and oxygen atoms in total. The summed E-state index contributed by atoms with van der Waals surface area (Å²) < 4.78 is 2.49. The van der Waals surface area contributed by atoms with Crippen molar-refractivity contribution in [2.24, 2.45) is 0 Å². The van der Waals surface area contributed by atoms with Crippen molar-refractivity contribution in [1.29, 1.82) is 0 Å². The van der Waals surface area contributed by atoms with Crippen LogP contribution >= 0.6 is 0 Å². The number of amides is 1. The number of nitrogens with one attached hydrogen (secondary N) is 1. The predicted octanol–water partition coefficient (Wildman–Crippen LogP) is 1.53. The van der Waals surface area contributed by atoms with Gasteiger partial charge in [0.1, 0.15) is 6.54 Å². The van der Waals surface area contributed by atoms with Crippen LogP contribution in [0.4, 0.5) is 0 Å². The van der Waals surface area contributed by atoms with Crippen LogP contribution in [0.15, 0.2) is 40.2 Å². The van der Waals surface area contributed by atoms with Gasteiger partial charge < -0.3 is 5.32 Å². The van der Waals surface area contributed by atoms with Gasteiger partial charge in [-0.25, -0.2) is 0 Å². The van der Waals surface area contributed by atoms with Crippen molar-refractivity contribution in [3.8, 4) is 5.69 Å². The summed E-state index contributed by atoms with van der Waals surface area (Å²) in [7, 11) is 0. The van der Waals surface area contributed by atoms with Gasteiger partial charge in [-0.15, -0.1) is 0 Å². The Kier molecular flexibility index (Phi) is 5.73. The summed E-state index contributed by atoms with van der Waals surface area (Å²) in [5.41, 5.74) is 1.17. The molecule has 1 aromatic heterocycles. The first-order chi connectivity index (χ1) is 11.5. The van der Waals surface area contributed by atoms with Crippen LogP contribution in [0.1, 0.15) is 30.9 Å². The average Bonchev–Trinajstić information content (AvgIpc) is 2.54. The van der Waals surface area contributed by atoms with Crippen LogP contribution in [0.2, 0.25) is 0 Å². The lowest BCUT2D eigenvalue weighted by Crippen LogP contribution is -2.43. The van der Waals surface area contributed by atoms with E-state index in [1.165, 1.54) is 10.8 Å². The fourth-order valence-electron chi connectivity index (χ4n) is 2.61. The van der Waals surface area contributed by atoms with Crippen LogP contribution in [0.5, 0.6) is 0 Å². The first-order valence-electron chi connectivity index (χ1n) is 8.11. The Bertz CT molecular complexity index is 829. The topological polar surface area (TPSA) is 73.1 Å². The Labute approximate surface area is 140 Å². The number of benzene rings is 1. The van der Waals surface area contributed by atoms with Gasteiger partial charge in [0.15, 0.2) is 0 Å². The quantitative estimate of drug-likeness (QED) is 0.645. The number of carbonyl (C=O) groups excluding carboxylic acids is 1. The van der Waals surface area contributed by atoms with Crippen LogP contribution in [-0.4, -0.2) is 21.6 Å². The van der Waals surface area contributed by atoms with Crippen LogP contribution in [-0.2, 0) is 11.3 Å². The van der Waals surface area contributed by atoms with Gasteiger partial charge >= 0.3 is 11.1 Å². The third kappa shape index (κ3) is 3.82. The Morgan fingerprint density at radius 1 is 1.08 bits per heavy atom. The summed E-state index contributed by atoms with van der Waals surface area (Å²) in [5, 5.41) is 2.74. The minimum atomic E-state index is -0.703. The zero-order valence-electron chi connectivity index (χ0n) is 14.3. The smallest absolute Gasteiger partial charge is 0.321 e. The Hall–Kier alpha value is -2.63. The monoisotopic (exact) mass is 329 g/mol. The molecular weight excluding hydrogens is 306 g/mol. The van der Waals surface area contributed by atoms with Gasteiger partial charge in [0, 0.05) is 18.9 Å². The predicted molar refractivity (Wildman–Crippen MR) is 93.7 cm³/mol. The van der Waals surface area contributed by atoms with E-state index in [9.17, 15) is 14.4 Å². The normalized spacial score (nSPS) is 10.6. The molecule has 128 valence electrons. The van der Waals surface area contributed by atoms with Crippen molar-refractivity contribution in [1.82, 2.24) is 14.5 Å². The summed E-state index contributed by atoms with van der Waals surface area (Å²) in [5.74, 6) is -0.269. The molecule has 0 aliphatic carbocycles. The van der Waals surface area contributed by atoms with E-state index in [1.807, 2.05) is 39.0 Å². The molecule has 0 unspecified atom stereocenters. The van der Waals surface area contributed by atoms with Crippen molar-refractivity contribution < 1.29 is 4.79 Å². The van der Waals surface area contributed by atoms with Crippen molar-refractivity contribution in [3.63, 3.8) is 0 Å². The number of aromatic nitrogens is 2. The lowest BCUT2D eigenvalue weighted by atomic mass is 10.1. The second-order valence-corrected chi connectivity index (χ2v) is 5.85. The van der Waals surface area contributed by atoms with Crippen molar-refractivity contribution in [2.45, 2.75) is 40.2 Å². The van der Waals surface area contributed by atoms with E-state index in [1.54, 1.807) is 6.20 Å². The van der Waals surface area contributed by atoms with E-state index in [-0.39, 0.29) is 12.5 Å². The van der Waals surface area contributed by atoms with Gasteiger partial charge in [-0.05, 0) is 31.4 Å². The van der Waals surface area contributed by atoms with Gasteiger partial charge in [-0.1, -0.05) is 31.5 Å². The number of nitrogens with zero attached hydrogens (tertiary/aromatic N) is 2. The van der Waals surface area contributed by atoms with Gasteiger partial charge in [0.05, 0.1) is 5.69 Å². The van der Waals surface area contributed by atoms with Crippen molar-refractivity contribution in [3.05, 3.63) is 62.4 Å². The second kappa shape index (κ2) is 7.77. The number of aryl methyl sites for hydroxylation is 2. The lowest BCUT2D eigenvalue weighted by Gasteiger charge is -2.13. The summed E-state index contributed by atoms with van der Waals surface area (Å²) in [6.45, 7) is 6.24. The average molecular weight is 329 g/mol. The number of para-hydroxylation sites is 1. The van der Waals surface area contributed by atoms with Crippen LogP contribution in [0.3, 0.4) is 0 Å². The Balaban J connectivity index is 2.32. The molecule has 0 radical (unpaired) electrons. The molecule has 0 aliphatic heterocycles.